The summed E-state index contributed by atoms with van der Waals surface area (Å²) in [5.41, 5.74) is 0. The number of nitrogens with zero attached hydrogens (tertiary/aromatic N) is 1. The SMILES string of the molecule is CCCC1CCN(C2CCC(=O)CC2)C1. The van der Waals surface area contributed by atoms with E-state index in [0.717, 1.165) is 37.6 Å². The molecule has 0 aromatic rings. The standard InChI is InChI=1S/C13H23NO/c1-2-3-11-8-9-14(10-11)12-4-6-13(15)7-5-12/h11-12H,2-10H2,1H3. The molecule has 1 saturated heterocycles. The Morgan fingerprint density at radius 2 is 2.00 bits per heavy atom. The minimum absolute atomic E-state index is 0.482. The van der Waals surface area contributed by atoms with Crippen LogP contribution in [0.1, 0.15) is 51.9 Å². The van der Waals surface area contributed by atoms with Crippen LogP contribution in [0.5, 0.6) is 0 Å². The van der Waals surface area contributed by atoms with Crippen LogP contribution in [0.4, 0.5) is 0 Å². The average molecular weight is 209 g/mol. The first-order valence-electron chi connectivity index (χ1n) is 6.55. The fourth-order valence-electron chi connectivity index (χ4n) is 3.13. The molecule has 0 radical (unpaired) electrons. The van der Waals surface area contributed by atoms with Crippen molar-refractivity contribution < 1.29 is 4.79 Å². The Bertz CT molecular complexity index is 217. The molecule has 2 aliphatic rings. The molecule has 0 aromatic carbocycles. The maximum absolute atomic E-state index is 11.2. The Balaban J connectivity index is 1.78. The zero-order valence-corrected chi connectivity index (χ0v) is 9.87. The van der Waals surface area contributed by atoms with Gasteiger partial charge in [0, 0.05) is 25.4 Å². The maximum Gasteiger partial charge on any atom is 0.133 e. The number of carbonyl (C=O) groups is 1. The molecule has 1 saturated carbocycles. The van der Waals surface area contributed by atoms with Gasteiger partial charge in [0.15, 0.2) is 0 Å². The molecule has 1 unspecified atom stereocenters. The van der Waals surface area contributed by atoms with Gasteiger partial charge in [-0.25, -0.2) is 0 Å². The van der Waals surface area contributed by atoms with Crippen molar-refractivity contribution in [3.8, 4) is 0 Å². The van der Waals surface area contributed by atoms with Gasteiger partial charge in [-0.05, 0) is 38.1 Å². The lowest BCUT2D eigenvalue weighted by Crippen LogP contribution is -2.36. The van der Waals surface area contributed by atoms with Gasteiger partial charge in [0.05, 0.1) is 0 Å². The second-order valence-electron chi connectivity index (χ2n) is 5.21. The number of hydrogen-bond donors (Lipinski definition) is 0. The molecule has 1 atom stereocenters. The molecule has 86 valence electrons. The topological polar surface area (TPSA) is 20.3 Å². The summed E-state index contributed by atoms with van der Waals surface area (Å²) in [6.07, 6.45) is 8.01. The number of hydrogen-bond acceptors (Lipinski definition) is 2. The summed E-state index contributed by atoms with van der Waals surface area (Å²) in [5.74, 6) is 1.42. The van der Waals surface area contributed by atoms with E-state index in [9.17, 15) is 4.79 Å². The smallest absolute Gasteiger partial charge is 0.133 e. The lowest BCUT2D eigenvalue weighted by Gasteiger charge is -2.30. The minimum atomic E-state index is 0.482. The third-order valence-electron chi connectivity index (χ3n) is 4.04. The van der Waals surface area contributed by atoms with Gasteiger partial charge in [-0.1, -0.05) is 13.3 Å². The molecule has 2 rings (SSSR count). The molecule has 2 heteroatoms. The van der Waals surface area contributed by atoms with Gasteiger partial charge in [-0.2, -0.15) is 0 Å². The molecule has 1 aliphatic heterocycles. The lowest BCUT2D eigenvalue weighted by atomic mass is 9.93. The van der Waals surface area contributed by atoms with E-state index in [1.807, 2.05) is 0 Å². The molecule has 1 heterocycles. The third kappa shape index (κ3) is 2.81. The lowest BCUT2D eigenvalue weighted by molar-refractivity contribution is -0.121. The summed E-state index contributed by atoms with van der Waals surface area (Å²) in [7, 11) is 0. The predicted octanol–water partition coefficient (Wildman–Crippen LogP) is 2.62. The van der Waals surface area contributed by atoms with E-state index < -0.39 is 0 Å². The maximum atomic E-state index is 11.2. The van der Waals surface area contributed by atoms with Gasteiger partial charge in [0.1, 0.15) is 5.78 Å². The largest absolute Gasteiger partial charge is 0.300 e. The molecule has 0 amide bonds. The van der Waals surface area contributed by atoms with Crippen molar-refractivity contribution in [3.05, 3.63) is 0 Å². The van der Waals surface area contributed by atoms with Gasteiger partial charge in [0.2, 0.25) is 0 Å². The van der Waals surface area contributed by atoms with Crippen molar-refractivity contribution in [2.45, 2.75) is 57.9 Å². The van der Waals surface area contributed by atoms with Crippen LogP contribution in [-0.4, -0.2) is 29.8 Å². The number of ketones is 1. The molecule has 0 N–H and O–H groups in total. The average Bonchev–Trinajstić information content (AvgIpc) is 2.68. The Morgan fingerprint density at radius 3 is 2.67 bits per heavy atom. The molecule has 0 spiro atoms. The number of rotatable bonds is 3. The summed E-state index contributed by atoms with van der Waals surface area (Å²) in [4.78, 5) is 13.8. The van der Waals surface area contributed by atoms with Gasteiger partial charge >= 0.3 is 0 Å². The molecule has 15 heavy (non-hydrogen) atoms. The second-order valence-corrected chi connectivity index (χ2v) is 5.21. The third-order valence-corrected chi connectivity index (χ3v) is 4.04. The molecule has 0 aromatic heterocycles. The van der Waals surface area contributed by atoms with E-state index in [2.05, 4.69) is 11.8 Å². The Labute approximate surface area is 93.0 Å². The summed E-state index contributed by atoms with van der Waals surface area (Å²) < 4.78 is 0. The van der Waals surface area contributed by atoms with Gasteiger partial charge < -0.3 is 4.90 Å². The van der Waals surface area contributed by atoms with Gasteiger partial charge in [-0.15, -0.1) is 0 Å². The Hall–Kier alpha value is -0.370. The van der Waals surface area contributed by atoms with E-state index in [1.165, 1.54) is 32.4 Å². The van der Waals surface area contributed by atoms with Crippen LogP contribution in [0.3, 0.4) is 0 Å². The highest BCUT2D eigenvalue weighted by Gasteiger charge is 2.29. The summed E-state index contributed by atoms with van der Waals surface area (Å²) >= 11 is 0. The van der Waals surface area contributed by atoms with Crippen LogP contribution in [-0.2, 0) is 4.79 Å². The summed E-state index contributed by atoms with van der Waals surface area (Å²) in [6.45, 7) is 4.86. The van der Waals surface area contributed by atoms with E-state index in [0.29, 0.717) is 5.78 Å². The van der Waals surface area contributed by atoms with E-state index in [1.54, 1.807) is 0 Å². The highest BCUT2D eigenvalue weighted by atomic mass is 16.1. The quantitative estimate of drug-likeness (QED) is 0.712. The zero-order valence-electron chi connectivity index (χ0n) is 9.87. The van der Waals surface area contributed by atoms with E-state index >= 15 is 0 Å². The number of likely N-dealkylation sites (tertiary alicyclic amines) is 1. The van der Waals surface area contributed by atoms with Crippen LogP contribution in [0, 0.1) is 5.92 Å². The van der Waals surface area contributed by atoms with Crippen LogP contribution in [0.2, 0.25) is 0 Å². The fourth-order valence-corrected chi connectivity index (χ4v) is 3.13. The van der Waals surface area contributed by atoms with Crippen LogP contribution >= 0.6 is 0 Å². The van der Waals surface area contributed by atoms with Crippen molar-refractivity contribution >= 4 is 5.78 Å². The monoisotopic (exact) mass is 209 g/mol. The number of Topliss-reactive ketones (excluding diaryl/α,β-unsaturated/α-hetero) is 1. The van der Waals surface area contributed by atoms with E-state index in [-0.39, 0.29) is 0 Å². The fraction of sp³-hybridized carbons (Fsp3) is 0.923. The first-order chi connectivity index (χ1) is 7.29. The molecule has 2 nitrogen and oxygen atoms in total. The van der Waals surface area contributed by atoms with Crippen LogP contribution in [0.15, 0.2) is 0 Å². The highest BCUT2D eigenvalue weighted by molar-refractivity contribution is 5.79. The summed E-state index contributed by atoms with van der Waals surface area (Å²) in [5, 5.41) is 0. The van der Waals surface area contributed by atoms with Crippen LogP contribution < -0.4 is 0 Å². The molecule has 0 bridgehead atoms. The zero-order chi connectivity index (χ0) is 10.7. The normalized spacial score (nSPS) is 29.9. The van der Waals surface area contributed by atoms with Crippen molar-refractivity contribution in [1.82, 2.24) is 4.90 Å². The van der Waals surface area contributed by atoms with Crippen LogP contribution in [0.25, 0.3) is 0 Å². The van der Waals surface area contributed by atoms with Gasteiger partial charge in [-0.3, -0.25) is 4.79 Å². The van der Waals surface area contributed by atoms with Crippen molar-refractivity contribution in [3.63, 3.8) is 0 Å². The molecular weight excluding hydrogens is 186 g/mol. The highest BCUT2D eigenvalue weighted by Crippen LogP contribution is 2.28. The van der Waals surface area contributed by atoms with E-state index in [4.69, 9.17) is 0 Å². The number of carbonyl (C=O) groups excluding carboxylic acids is 1. The predicted molar refractivity (Wildman–Crippen MR) is 61.9 cm³/mol. The molecule has 2 fully saturated rings. The van der Waals surface area contributed by atoms with Crippen molar-refractivity contribution in [2.75, 3.05) is 13.1 Å². The molecular formula is C13H23NO. The van der Waals surface area contributed by atoms with Crippen molar-refractivity contribution in [1.29, 1.82) is 0 Å². The minimum Gasteiger partial charge on any atom is -0.300 e. The van der Waals surface area contributed by atoms with Crippen molar-refractivity contribution in [2.24, 2.45) is 5.92 Å². The second kappa shape index (κ2) is 5.11. The first-order valence-corrected chi connectivity index (χ1v) is 6.55. The Kier molecular flexibility index (Phi) is 3.79. The first kappa shape index (κ1) is 11.1. The van der Waals surface area contributed by atoms with Gasteiger partial charge in [0.25, 0.3) is 0 Å². The molecule has 1 aliphatic carbocycles. The Morgan fingerprint density at radius 1 is 1.27 bits per heavy atom. The summed E-state index contributed by atoms with van der Waals surface area (Å²) in [6, 6.07) is 0.726.